The molecular weight excluding hydrogens is 252 g/mol. The average Bonchev–Trinajstić information content (AvgIpc) is 2.73. The minimum Gasteiger partial charge on any atom is -0.381 e. The highest BCUT2D eigenvalue weighted by Crippen LogP contribution is 2.39. The fourth-order valence-corrected chi connectivity index (χ4v) is 3.20. The normalized spacial score (nSPS) is 28.2. The molecule has 1 heterocycles. The van der Waals surface area contributed by atoms with Crippen LogP contribution in [0.1, 0.15) is 52.4 Å². The molecule has 2 unspecified atom stereocenters. The van der Waals surface area contributed by atoms with Crippen LogP contribution >= 0.6 is 15.9 Å². The zero-order chi connectivity index (χ0) is 11.1. The van der Waals surface area contributed by atoms with Crippen molar-refractivity contribution in [2.24, 2.45) is 11.3 Å². The van der Waals surface area contributed by atoms with Crippen LogP contribution < -0.4 is 0 Å². The summed E-state index contributed by atoms with van der Waals surface area (Å²) in [4.78, 5) is 0. The molecule has 1 saturated heterocycles. The van der Waals surface area contributed by atoms with Crippen molar-refractivity contribution in [3.05, 3.63) is 0 Å². The van der Waals surface area contributed by atoms with Crippen molar-refractivity contribution in [2.75, 3.05) is 18.5 Å². The lowest BCUT2D eigenvalue weighted by atomic mass is 9.78. The van der Waals surface area contributed by atoms with Gasteiger partial charge in [-0.05, 0) is 18.8 Å². The Morgan fingerprint density at radius 2 is 2.20 bits per heavy atom. The Bertz CT molecular complexity index is 164. The van der Waals surface area contributed by atoms with E-state index in [0.29, 0.717) is 5.41 Å². The lowest BCUT2D eigenvalue weighted by Crippen LogP contribution is -2.26. The van der Waals surface area contributed by atoms with Crippen molar-refractivity contribution in [2.45, 2.75) is 52.4 Å². The first-order valence-corrected chi connectivity index (χ1v) is 7.52. The predicted octanol–water partition coefficient (Wildman–Crippen LogP) is 4.39. The van der Waals surface area contributed by atoms with E-state index in [2.05, 4.69) is 29.8 Å². The van der Waals surface area contributed by atoms with Gasteiger partial charge in [0.2, 0.25) is 0 Å². The quantitative estimate of drug-likeness (QED) is 0.627. The van der Waals surface area contributed by atoms with E-state index in [1.807, 2.05) is 0 Å². The molecule has 1 aliphatic heterocycles. The van der Waals surface area contributed by atoms with Crippen LogP contribution in [0.5, 0.6) is 0 Å². The summed E-state index contributed by atoms with van der Waals surface area (Å²) in [5.41, 5.74) is 0.453. The van der Waals surface area contributed by atoms with Crippen molar-refractivity contribution in [3.63, 3.8) is 0 Å². The van der Waals surface area contributed by atoms with Gasteiger partial charge in [-0.2, -0.15) is 0 Å². The zero-order valence-electron chi connectivity index (χ0n) is 10.2. The second-order valence-electron chi connectivity index (χ2n) is 5.06. The van der Waals surface area contributed by atoms with Gasteiger partial charge in [-0.1, -0.05) is 55.5 Å². The number of alkyl halides is 1. The highest BCUT2D eigenvalue weighted by Gasteiger charge is 2.35. The van der Waals surface area contributed by atoms with Crippen molar-refractivity contribution < 1.29 is 4.74 Å². The zero-order valence-corrected chi connectivity index (χ0v) is 11.8. The average molecular weight is 277 g/mol. The molecule has 0 saturated carbocycles. The van der Waals surface area contributed by atoms with Crippen LogP contribution in [-0.4, -0.2) is 18.5 Å². The lowest BCUT2D eigenvalue weighted by Gasteiger charge is -2.29. The van der Waals surface area contributed by atoms with Gasteiger partial charge in [0.25, 0.3) is 0 Å². The molecule has 15 heavy (non-hydrogen) atoms. The molecule has 0 bridgehead atoms. The van der Waals surface area contributed by atoms with E-state index in [1.54, 1.807) is 0 Å². The van der Waals surface area contributed by atoms with Crippen LogP contribution in [-0.2, 0) is 4.74 Å². The summed E-state index contributed by atoms with van der Waals surface area (Å²) >= 11 is 3.68. The first kappa shape index (κ1) is 13.5. The Balaban J connectivity index is 2.40. The molecule has 0 aromatic rings. The van der Waals surface area contributed by atoms with Gasteiger partial charge in [-0.3, -0.25) is 0 Å². The molecule has 1 aliphatic rings. The monoisotopic (exact) mass is 276 g/mol. The fraction of sp³-hybridized carbons (Fsp3) is 1.00. The van der Waals surface area contributed by atoms with Gasteiger partial charge in [0.15, 0.2) is 0 Å². The molecule has 1 nitrogen and oxygen atoms in total. The van der Waals surface area contributed by atoms with Crippen molar-refractivity contribution in [1.82, 2.24) is 0 Å². The minimum absolute atomic E-state index is 0.453. The molecule has 1 fully saturated rings. The Kier molecular flexibility index (Phi) is 6.21. The molecule has 0 aromatic carbocycles. The van der Waals surface area contributed by atoms with Crippen LogP contribution in [0.25, 0.3) is 0 Å². The Hall–Kier alpha value is 0.440. The molecule has 0 N–H and O–H groups in total. The molecule has 90 valence electrons. The van der Waals surface area contributed by atoms with Gasteiger partial charge in [0.1, 0.15) is 0 Å². The van der Waals surface area contributed by atoms with Crippen LogP contribution in [0, 0.1) is 11.3 Å². The largest absolute Gasteiger partial charge is 0.381 e. The smallest absolute Gasteiger partial charge is 0.0531 e. The van der Waals surface area contributed by atoms with Crippen LogP contribution in [0.15, 0.2) is 0 Å². The SMILES string of the molecule is CCCCC(CC)CC1(CBr)CCOC1. The van der Waals surface area contributed by atoms with E-state index in [9.17, 15) is 0 Å². The van der Waals surface area contributed by atoms with Gasteiger partial charge < -0.3 is 4.74 Å². The van der Waals surface area contributed by atoms with E-state index in [1.165, 1.54) is 38.5 Å². The molecule has 0 radical (unpaired) electrons. The standard InChI is InChI=1S/C13H25BrO/c1-3-5-6-12(4-2)9-13(10-14)7-8-15-11-13/h12H,3-11H2,1-2H3. The van der Waals surface area contributed by atoms with Gasteiger partial charge in [0.05, 0.1) is 6.61 Å². The minimum atomic E-state index is 0.453. The highest BCUT2D eigenvalue weighted by molar-refractivity contribution is 9.09. The third kappa shape index (κ3) is 4.07. The highest BCUT2D eigenvalue weighted by atomic mass is 79.9. The number of unbranched alkanes of at least 4 members (excludes halogenated alkanes) is 1. The van der Waals surface area contributed by atoms with E-state index < -0.39 is 0 Å². The van der Waals surface area contributed by atoms with Gasteiger partial charge >= 0.3 is 0 Å². The number of hydrogen-bond acceptors (Lipinski definition) is 1. The second-order valence-corrected chi connectivity index (χ2v) is 5.62. The van der Waals surface area contributed by atoms with E-state index >= 15 is 0 Å². The lowest BCUT2D eigenvalue weighted by molar-refractivity contribution is 0.144. The van der Waals surface area contributed by atoms with Gasteiger partial charge in [0, 0.05) is 17.4 Å². The number of hydrogen-bond donors (Lipinski definition) is 0. The number of halogens is 1. The summed E-state index contributed by atoms with van der Waals surface area (Å²) in [6.45, 7) is 6.56. The van der Waals surface area contributed by atoms with Gasteiger partial charge in [-0.25, -0.2) is 0 Å². The number of rotatable bonds is 7. The Morgan fingerprint density at radius 1 is 1.40 bits per heavy atom. The number of ether oxygens (including phenoxy) is 1. The first-order valence-electron chi connectivity index (χ1n) is 6.40. The van der Waals surface area contributed by atoms with Crippen molar-refractivity contribution in [3.8, 4) is 0 Å². The molecule has 2 atom stereocenters. The summed E-state index contributed by atoms with van der Waals surface area (Å²) in [5.74, 6) is 0.907. The van der Waals surface area contributed by atoms with Crippen molar-refractivity contribution in [1.29, 1.82) is 0 Å². The maximum absolute atomic E-state index is 5.57. The molecule has 2 heteroatoms. The van der Waals surface area contributed by atoms with Crippen LogP contribution in [0.2, 0.25) is 0 Å². The summed E-state index contributed by atoms with van der Waals surface area (Å²) in [7, 11) is 0. The van der Waals surface area contributed by atoms with Crippen LogP contribution in [0.3, 0.4) is 0 Å². The molecule has 0 spiro atoms. The topological polar surface area (TPSA) is 9.23 Å². The maximum atomic E-state index is 5.57. The molecular formula is C13H25BrO. The van der Waals surface area contributed by atoms with E-state index in [0.717, 1.165) is 24.5 Å². The third-order valence-corrected chi connectivity index (χ3v) is 4.92. The third-order valence-electron chi connectivity index (χ3n) is 3.73. The predicted molar refractivity (Wildman–Crippen MR) is 69.6 cm³/mol. The maximum Gasteiger partial charge on any atom is 0.0531 e. The van der Waals surface area contributed by atoms with Gasteiger partial charge in [-0.15, -0.1) is 0 Å². The first-order chi connectivity index (χ1) is 7.26. The molecule has 0 aromatic heterocycles. The molecule has 1 rings (SSSR count). The van der Waals surface area contributed by atoms with Crippen LogP contribution in [0.4, 0.5) is 0 Å². The summed E-state index contributed by atoms with van der Waals surface area (Å²) in [6, 6.07) is 0. The fourth-order valence-electron chi connectivity index (χ4n) is 2.53. The van der Waals surface area contributed by atoms with E-state index in [-0.39, 0.29) is 0 Å². The summed E-state index contributed by atoms with van der Waals surface area (Å²) in [6.07, 6.45) is 8.05. The summed E-state index contributed by atoms with van der Waals surface area (Å²) < 4.78 is 5.57. The Labute approximate surface area is 103 Å². The van der Waals surface area contributed by atoms with E-state index in [4.69, 9.17) is 4.74 Å². The summed E-state index contributed by atoms with van der Waals surface area (Å²) in [5, 5.41) is 1.11. The Morgan fingerprint density at radius 3 is 2.67 bits per heavy atom. The second kappa shape index (κ2) is 6.90. The molecule has 0 amide bonds. The van der Waals surface area contributed by atoms with Crippen molar-refractivity contribution >= 4 is 15.9 Å². The molecule has 0 aliphatic carbocycles.